The third-order valence-electron chi connectivity index (χ3n) is 6.49. The fourth-order valence-electron chi connectivity index (χ4n) is 4.88. The van der Waals surface area contributed by atoms with Gasteiger partial charge in [-0.05, 0) is 51.5 Å². The van der Waals surface area contributed by atoms with E-state index in [0.717, 1.165) is 16.1 Å². The Hall–Kier alpha value is -3.61. The number of halogens is 4. The number of aryl methyl sites for hydroxylation is 1. The van der Waals surface area contributed by atoms with Crippen molar-refractivity contribution in [3.8, 4) is 22.6 Å². The summed E-state index contributed by atoms with van der Waals surface area (Å²) in [4.78, 5) is 0. The summed E-state index contributed by atoms with van der Waals surface area (Å²) in [5.41, 5.74) is -2.74. The van der Waals surface area contributed by atoms with Crippen molar-refractivity contribution in [3.05, 3.63) is 53.5 Å². The third kappa shape index (κ3) is 3.66. The number of fused-ring (bicyclic) bond motifs is 4. The summed E-state index contributed by atoms with van der Waals surface area (Å²) in [7, 11) is -2.63. The maximum Gasteiger partial charge on any atom is 0.419 e. The Balaban J connectivity index is 1.97. The lowest BCUT2D eigenvalue weighted by Gasteiger charge is -2.36. The first-order chi connectivity index (χ1) is 17.2. The maximum absolute atomic E-state index is 15.0. The van der Waals surface area contributed by atoms with Crippen molar-refractivity contribution in [2.45, 2.75) is 39.4 Å². The number of hydrogen-bond donors (Lipinski definition) is 1. The van der Waals surface area contributed by atoms with E-state index < -0.39 is 38.7 Å². The lowest BCUT2D eigenvalue weighted by molar-refractivity contribution is -0.137. The Morgan fingerprint density at radius 1 is 1.16 bits per heavy atom. The van der Waals surface area contributed by atoms with Crippen LogP contribution in [0, 0.1) is 12.7 Å². The van der Waals surface area contributed by atoms with Crippen LogP contribution in [-0.4, -0.2) is 40.0 Å². The van der Waals surface area contributed by atoms with Gasteiger partial charge in [0.2, 0.25) is 10.0 Å². The van der Waals surface area contributed by atoms with Gasteiger partial charge in [-0.3, -0.25) is 4.57 Å². The van der Waals surface area contributed by atoms with Crippen LogP contribution >= 0.6 is 0 Å². The molecule has 3 heterocycles. The van der Waals surface area contributed by atoms with Gasteiger partial charge in [-0.1, -0.05) is 0 Å². The van der Waals surface area contributed by atoms with Gasteiger partial charge in [0.1, 0.15) is 17.4 Å². The van der Waals surface area contributed by atoms with Crippen LogP contribution in [-0.2, 0) is 21.7 Å². The average molecular weight is 538 g/mol. The van der Waals surface area contributed by atoms with Crippen molar-refractivity contribution in [2.75, 3.05) is 18.2 Å². The van der Waals surface area contributed by atoms with Crippen molar-refractivity contribution >= 4 is 26.6 Å². The first-order valence-corrected chi connectivity index (χ1v) is 12.9. The van der Waals surface area contributed by atoms with Crippen LogP contribution < -0.4 is 10.1 Å². The minimum absolute atomic E-state index is 0.0785. The Morgan fingerprint density at radius 3 is 2.49 bits per heavy atom. The molecule has 8 nitrogen and oxygen atoms in total. The van der Waals surface area contributed by atoms with E-state index in [9.17, 15) is 26.0 Å². The number of nitrogens with one attached hydrogen (secondary N) is 1. The van der Waals surface area contributed by atoms with Crippen LogP contribution in [0.2, 0.25) is 0 Å². The number of hydrogen-bond acceptors (Lipinski definition) is 6. The fraction of sp³-hybridized carbons (Fsp3) is 0.333. The van der Waals surface area contributed by atoms with Crippen LogP contribution in [0.15, 0.2) is 30.5 Å². The van der Waals surface area contributed by atoms with E-state index >= 15 is 0 Å². The van der Waals surface area contributed by atoms with Crippen LogP contribution in [0.3, 0.4) is 0 Å². The Morgan fingerprint density at radius 2 is 1.86 bits per heavy atom. The van der Waals surface area contributed by atoms with Gasteiger partial charge >= 0.3 is 6.18 Å². The molecule has 0 spiro atoms. The molecule has 1 N–H and O–H groups in total. The molecule has 4 aromatic rings. The third-order valence-corrected chi connectivity index (χ3v) is 8.14. The minimum atomic E-state index is -4.93. The number of anilines is 1. The molecule has 2 aromatic heterocycles. The van der Waals surface area contributed by atoms with Crippen LogP contribution in [0.4, 0.5) is 23.2 Å². The highest BCUT2D eigenvalue weighted by molar-refractivity contribution is 7.90. The molecule has 0 aliphatic carbocycles. The molecule has 0 atom stereocenters. The Bertz CT molecular complexity index is 1690. The van der Waals surface area contributed by atoms with Crippen LogP contribution in [0.1, 0.15) is 38.0 Å². The smallest absolute Gasteiger partial charge is 0.419 e. The van der Waals surface area contributed by atoms with E-state index in [1.165, 1.54) is 36.9 Å². The Labute approximate surface area is 209 Å². The number of methoxy groups -OCH3 is 1. The number of alkyl halides is 3. The number of aromatic nitrogens is 4. The normalized spacial score (nSPS) is 14.8. The van der Waals surface area contributed by atoms with Gasteiger partial charge in [0.25, 0.3) is 0 Å². The van der Waals surface area contributed by atoms with Crippen molar-refractivity contribution in [1.29, 1.82) is 0 Å². The average Bonchev–Trinajstić information content (AvgIpc) is 3.41. The van der Waals surface area contributed by atoms with Gasteiger partial charge in [-0.15, -0.1) is 10.2 Å². The summed E-state index contributed by atoms with van der Waals surface area (Å²) in [6, 6.07) is 4.70. The molecule has 0 radical (unpaired) electrons. The zero-order chi connectivity index (χ0) is 27.1. The summed E-state index contributed by atoms with van der Waals surface area (Å²) in [6.45, 7) is 6.48. The molecule has 37 heavy (non-hydrogen) atoms. The largest absolute Gasteiger partial charge is 0.496 e. The molecule has 0 unspecified atom stereocenters. The maximum atomic E-state index is 15.0. The fourth-order valence-corrected chi connectivity index (χ4v) is 5.85. The van der Waals surface area contributed by atoms with E-state index in [0.29, 0.717) is 0 Å². The van der Waals surface area contributed by atoms with Crippen molar-refractivity contribution in [3.63, 3.8) is 0 Å². The highest BCUT2D eigenvalue weighted by atomic mass is 32.2. The van der Waals surface area contributed by atoms with Gasteiger partial charge in [0.05, 0.1) is 40.9 Å². The van der Waals surface area contributed by atoms with Gasteiger partial charge < -0.3 is 10.1 Å². The van der Waals surface area contributed by atoms with Gasteiger partial charge in [-0.2, -0.15) is 13.2 Å². The second-order valence-electron chi connectivity index (χ2n) is 9.28. The molecule has 1 aliphatic heterocycles. The van der Waals surface area contributed by atoms with Crippen molar-refractivity contribution in [2.24, 2.45) is 0 Å². The summed E-state index contributed by atoms with van der Waals surface area (Å²) in [6.07, 6.45) is -3.72. The highest BCUT2D eigenvalue weighted by Crippen LogP contribution is 2.52. The molecule has 0 bridgehead atoms. The molecule has 0 saturated heterocycles. The summed E-state index contributed by atoms with van der Waals surface area (Å²) < 4.78 is 92.7. The second kappa shape index (κ2) is 7.94. The first kappa shape index (κ1) is 25.1. The van der Waals surface area contributed by atoms with Gasteiger partial charge in [0.15, 0.2) is 5.82 Å². The number of benzene rings is 2. The van der Waals surface area contributed by atoms with Crippen molar-refractivity contribution < 1.29 is 30.7 Å². The number of ether oxygens (including phenoxy) is 1. The van der Waals surface area contributed by atoms with E-state index in [-0.39, 0.29) is 51.0 Å². The molecule has 0 saturated carbocycles. The molecule has 5 rings (SSSR count). The molecule has 0 fully saturated rings. The molecule has 13 heteroatoms. The van der Waals surface area contributed by atoms with Gasteiger partial charge in [-0.25, -0.2) is 16.8 Å². The first-order valence-electron chi connectivity index (χ1n) is 11.3. The summed E-state index contributed by atoms with van der Waals surface area (Å²) >= 11 is 0. The standard InChI is InChI=1S/C24H23F4N5O3S/c1-6-37(34,35)32-8-7-14-15(9-13(25)10-17(14)32)19-18(36-5)11-16-21(20(19)24(26,27)28)33-12(2)30-31-22(33)23(3,4)29-16/h7-11,29H,6H2,1-5H3. The molecular weight excluding hydrogens is 514 g/mol. The van der Waals surface area contributed by atoms with Gasteiger partial charge in [0, 0.05) is 23.2 Å². The quantitative estimate of drug-likeness (QED) is 0.359. The highest BCUT2D eigenvalue weighted by Gasteiger charge is 2.45. The predicted octanol–water partition coefficient (Wildman–Crippen LogP) is 5.22. The summed E-state index contributed by atoms with van der Waals surface area (Å²) in [5, 5.41) is 11.3. The molecule has 2 aromatic carbocycles. The number of nitrogens with zero attached hydrogens (tertiary/aromatic N) is 4. The topological polar surface area (TPSA) is 91.0 Å². The molecular formula is C24H23F4N5O3S. The SMILES string of the molecule is CCS(=O)(=O)n1ccc2c(-c3c(OC)cc4c(c3C(F)(F)F)-n3c(C)nnc3C(C)(C)N4)cc(F)cc21. The Kier molecular flexibility index (Phi) is 5.38. The number of rotatable bonds is 4. The van der Waals surface area contributed by atoms with Crippen LogP contribution in [0.25, 0.3) is 27.7 Å². The van der Waals surface area contributed by atoms with E-state index in [1.54, 1.807) is 20.8 Å². The monoisotopic (exact) mass is 537 g/mol. The van der Waals surface area contributed by atoms with Crippen LogP contribution in [0.5, 0.6) is 5.75 Å². The minimum Gasteiger partial charge on any atom is -0.496 e. The van der Waals surface area contributed by atoms with E-state index in [2.05, 4.69) is 15.5 Å². The molecule has 196 valence electrons. The molecule has 1 aliphatic rings. The predicted molar refractivity (Wildman–Crippen MR) is 130 cm³/mol. The van der Waals surface area contributed by atoms with E-state index in [4.69, 9.17) is 4.74 Å². The molecule has 0 amide bonds. The van der Waals surface area contributed by atoms with E-state index in [1.807, 2.05) is 0 Å². The second-order valence-corrected chi connectivity index (χ2v) is 11.4. The lowest BCUT2D eigenvalue weighted by Crippen LogP contribution is -2.37. The summed E-state index contributed by atoms with van der Waals surface area (Å²) in [5.74, 6) is -0.847. The lowest BCUT2D eigenvalue weighted by atomic mass is 9.90. The zero-order valence-corrected chi connectivity index (χ0v) is 21.3. The van der Waals surface area contributed by atoms with Crippen molar-refractivity contribution in [1.82, 2.24) is 18.7 Å². The zero-order valence-electron chi connectivity index (χ0n) is 20.5.